The predicted molar refractivity (Wildman–Crippen MR) is 68.4 cm³/mol. The fraction of sp³-hybridized carbons (Fsp3) is 0.545. The largest absolute Gasteiger partial charge is 0.371 e. The first kappa shape index (κ1) is 12.3. The van der Waals surface area contributed by atoms with Gasteiger partial charge >= 0.3 is 0 Å². The molecular formula is C11H19N3S. The van der Waals surface area contributed by atoms with Crippen LogP contribution in [0.2, 0.25) is 0 Å². The van der Waals surface area contributed by atoms with Crippen molar-refractivity contribution < 1.29 is 0 Å². The number of anilines is 1. The standard InChI is InChI=1S/C11H19N3S/c1-9(8-15-3)14(2)11-4-5-13-10(6-11)7-12/h4-6,9H,7-8,12H2,1-3H3. The van der Waals surface area contributed by atoms with Crippen molar-refractivity contribution in [3.8, 4) is 0 Å². The minimum atomic E-state index is 0.499. The lowest BCUT2D eigenvalue weighted by Gasteiger charge is -2.26. The highest BCUT2D eigenvalue weighted by Gasteiger charge is 2.09. The van der Waals surface area contributed by atoms with Crippen molar-refractivity contribution in [2.24, 2.45) is 5.73 Å². The normalized spacial score (nSPS) is 12.5. The van der Waals surface area contributed by atoms with Crippen molar-refractivity contribution in [2.45, 2.75) is 19.5 Å². The molecular weight excluding hydrogens is 206 g/mol. The number of thioether (sulfide) groups is 1. The van der Waals surface area contributed by atoms with Crippen molar-refractivity contribution in [3.05, 3.63) is 24.0 Å². The van der Waals surface area contributed by atoms with Crippen molar-refractivity contribution >= 4 is 17.4 Å². The molecule has 1 unspecified atom stereocenters. The molecule has 1 atom stereocenters. The molecule has 0 aliphatic carbocycles. The molecule has 0 spiro atoms. The van der Waals surface area contributed by atoms with Gasteiger partial charge in [0, 0.05) is 37.3 Å². The Labute approximate surface area is 96.1 Å². The van der Waals surface area contributed by atoms with Crippen LogP contribution >= 0.6 is 11.8 Å². The van der Waals surface area contributed by atoms with Gasteiger partial charge in [-0.15, -0.1) is 0 Å². The number of nitrogens with two attached hydrogens (primary N) is 1. The van der Waals surface area contributed by atoms with Crippen LogP contribution in [-0.2, 0) is 6.54 Å². The van der Waals surface area contributed by atoms with Crippen LogP contribution in [-0.4, -0.2) is 30.1 Å². The first-order chi connectivity index (χ1) is 7.19. The third-order valence-corrected chi connectivity index (χ3v) is 3.30. The topological polar surface area (TPSA) is 42.2 Å². The van der Waals surface area contributed by atoms with Gasteiger partial charge in [0.05, 0.1) is 5.69 Å². The average Bonchev–Trinajstić information content (AvgIpc) is 2.28. The molecule has 1 rings (SSSR count). The van der Waals surface area contributed by atoms with Gasteiger partial charge in [-0.3, -0.25) is 4.98 Å². The highest BCUT2D eigenvalue weighted by atomic mass is 32.2. The van der Waals surface area contributed by atoms with Crippen LogP contribution in [0, 0.1) is 0 Å². The van der Waals surface area contributed by atoms with E-state index in [9.17, 15) is 0 Å². The molecule has 2 N–H and O–H groups in total. The van der Waals surface area contributed by atoms with Gasteiger partial charge in [0.15, 0.2) is 0 Å². The Kier molecular flexibility index (Phi) is 4.91. The summed E-state index contributed by atoms with van der Waals surface area (Å²) in [5.74, 6) is 1.12. The zero-order valence-corrected chi connectivity index (χ0v) is 10.4. The highest BCUT2D eigenvalue weighted by molar-refractivity contribution is 7.98. The summed E-state index contributed by atoms with van der Waals surface area (Å²) in [5.41, 5.74) is 7.70. The number of hydrogen-bond donors (Lipinski definition) is 1. The Morgan fingerprint density at radius 2 is 2.33 bits per heavy atom. The lowest BCUT2D eigenvalue weighted by molar-refractivity contribution is 0.763. The molecule has 1 aromatic rings. The maximum atomic E-state index is 5.57. The maximum Gasteiger partial charge on any atom is 0.0560 e. The summed E-state index contributed by atoms with van der Waals surface area (Å²) in [6.07, 6.45) is 3.95. The van der Waals surface area contributed by atoms with Crippen molar-refractivity contribution in [1.29, 1.82) is 0 Å². The SMILES string of the molecule is CSCC(C)N(C)c1ccnc(CN)c1. The van der Waals surface area contributed by atoms with E-state index in [-0.39, 0.29) is 0 Å². The molecule has 84 valence electrons. The molecule has 0 amide bonds. The minimum Gasteiger partial charge on any atom is -0.371 e. The van der Waals surface area contributed by atoms with E-state index in [2.05, 4.69) is 36.2 Å². The fourth-order valence-corrected chi connectivity index (χ4v) is 2.11. The molecule has 0 saturated carbocycles. The lowest BCUT2D eigenvalue weighted by atomic mass is 10.2. The van der Waals surface area contributed by atoms with E-state index < -0.39 is 0 Å². The van der Waals surface area contributed by atoms with Gasteiger partial charge in [0.1, 0.15) is 0 Å². The third-order valence-electron chi connectivity index (χ3n) is 2.49. The number of aromatic nitrogens is 1. The fourth-order valence-electron chi connectivity index (χ4n) is 1.40. The smallest absolute Gasteiger partial charge is 0.0560 e. The van der Waals surface area contributed by atoms with Gasteiger partial charge < -0.3 is 10.6 Å². The second kappa shape index (κ2) is 5.98. The highest BCUT2D eigenvalue weighted by Crippen LogP contribution is 2.16. The number of nitrogens with zero attached hydrogens (tertiary/aromatic N) is 2. The Bertz CT molecular complexity index is 304. The van der Waals surface area contributed by atoms with E-state index in [1.165, 1.54) is 5.69 Å². The van der Waals surface area contributed by atoms with Gasteiger partial charge in [0.2, 0.25) is 0 Å². The number of hydrogen-bond acceptors (Lipinski definition) is 4. The molecule has 1 aromatic heterocycles. The molecule has 0 saturated heterocycles. The van der Waals surface area contributed by atoms with Gasteiger partial charge in [-0.05, 0) is 25.3 Å². The predicted octanol–water partition coefficient (Wildman–Crippen LogP) is 1.73. The van der Waals surface area contributed by atoms with Crippen LogP contribution < -0.4 is 10.6 Å². The zero-order valence-electron chi connectivity index (χ0n) is 9.60. The molecule has 4 heteroatoms. The van der Waals surface area contributed by atoms with Crippen LogP contribution in [0.5, 0.6) is 0 Å². The van der Waals surface area contributed by atoms with Crippen LogP contribution in [0.4, 0.5) is 5.69 Å². The molecule has 15 heavy (non-hydrogen) atoms. The van der Waals surface area contributed by atoms with Gasteiger partial charge in [-0.1, -0.05) is 0 Å². The zero-order chi connectivity index (χ0) is 11.3. The minimum absolute atomic E-state index is 0.499. The van der Waals surface area contributed by atoms with E-state index in [0.717, 1.165) is 11.4 Å². The van der Waals surface area contributed by atoms with Gasteiger partial charge in [-0.2, -0.15) is 11.8 Å². The summed E-state index contributed by atoms with van der Waals surface area (Å²) in [6, 6.07) is 4.60. The lowest BCUT2D eigenvalue weighted by Crippen LogP contribution is -2.30. The number of rotatable bonds is 5. The van der Waals surface area contributed by atoms with Crippen LogP contribution in [0.3, 0.4) is 0 Å². The molecule has 0 aliphatic heterocycles. The van der Waals surface area contributed by atoms with Crippen LogP contribution in [0.1, 0.15) is 12.6 Å². The summed E-state index contributed by atoms with van der Waals surface area (Å²) in [6.45, 7) is 2.72. The Morgan fingerprint density at radius 1 is 1.60 bits per heavy atom. The van der Waals surface area contributed by atoms with Gasteiger partial charge in [0.25, 0.3) is 0 Å². The average molecular weight is 225 g/mol. The first-order valence-corrected chi connectivity index (χ1v) is 6.45. The monoisotopic (exact) mass is 225 g/mol. The molecule has 0 aromatic carbocycles. The Hall–Kier alpha value is -0.740. The van der Waals surface area contributed by atoms with E-state index in [4.69, 9.17) is 5.73 Å². The molecule has 0 bridgehead atoms. The molecule has 0 fully saturated rings. The first-order valence-electron chi connectivity index (χ1n) is 5.05. The quantitative estimate of drug-likeness (QED) is 0.828. The van der Waals surface area contributed by atoms with E-state index in [0.29, 0.717) is 12.6 Å². The summed E-state index contributed by atoms with van der Waals surface area (Å²) in [7, 11) is 2.11. The van der Waals surface area contributed by atoms with E-state index in [1.54, 1.807) is 0 Å². The van der Waals surface area contributed by atoms with E-state index in [1.807, 2.05) is 24.0 Å². The summed E-state index contributed by atoms with van der Waals surface area (Å²) in [4.78, 5) is 6.45. The maximum absolute atomic E-state index is 5.57. The third kappa shape index (κ3) is 3.39. The van der Waals surface area contributed by atoms with Gasteiger partial charge in [-0.25, -0.2) is 0 Å². The molecule has 1 heterocycles. The molecule has 0 aliphatic rings. The molecule has 0 radical (unpaired) electrons. The second-order valence-electron chi connectivity index (χ2n) is 3.62. The summed E-state index contributed by atoms with van der Waals surface area (Å²) in [5, 5.41) is 0. The molecule has 3 nitrogen and oxygen atoms in total. The van der Waals surface area contributed by atoms with E-state index >= 15 is 0 Å². The Balaban J connectivity index is 2.76. The van der Waals surface area contributed by atoms with Crippen molar-refractivity contribution in [2.75, 3.05) is 24.0 Å². The van der Waals surface area contributed by atoms with Crippen LogP contribution in [0.25, 0.3) is 0 Å². The number of pyridine rings is 1. The second-order valence-corrected chi connectivity index (χ2v) is 4.54. The van der Waals surface area contributed by atoms with Crippen molar-refractivity contribution in [3.63, 3.8) is 0 Å². The van der Waals surface area contributed by atoms with Crippen molar-refractivity contribution in [1.82, 2.24) is 4.98 Å². The van der Waals surface area contributed by atoms with Crippen LogP contribution in [0.15, 0.2) is 18.3 Å². The summed E-state index contributed by atoms with van der Waals surface area (Å²) < 4.78 is 0. The Morgan fingerprint density at radius 3 is 2.93 bits per heavy atom. The summed E-state index contributed by atoms with van der Waals surface area (Å²) >= 11 is 1.86.